The minimum absolute atomic E-state index is 0.466. The largest absolute Gasteiger partial charge is 0.453 e. The summed E-state index contributed by atoms with van der Waals surface area (Å²) in [5.74, 6) is 0.850. The van der Waals surface area contributed by atoms with E-state index in [0.717, 1.165) is 31.0 Å². The van der Waals surface area contributed by atoms with Crippen molar-refractivity contribution in [3.05, 3.63) is 29.8 Å². The van der Waals surface area contributed by atoms with E-state index in [4.69, 9.17) is 0 Å². The number of nitrogens with one attached hydrogen (secondary N) is 3. The standard InChI is InChI=1S/C13H18N4O2/c1-19-13(18)17-11-5-3-10(4-6-11)9-16-12-14-7-2-8-15-12/h3-6H,2,7-9H2,1H3,(H,17,18)(H2,14,15,16). The number of amides is 1. The number of hydrogen-bond donors (Lipinski definition) is 3. The first kappa shape index (κ1) is 13.2. The molecule has 6 nitrogen and oxygen atoms in total. The van der Waals surface area contributed by atoms with Crippen LogP contribution in [0.5, 0.6) is 0 Å². The van der Waals surface area contributed by atoms with E-state index in [2.05, 4.69) is 25.7 Å². The SMILES string of the molecule is COC(=O)Nc1ccc(CNC2=NCCCN2)cc1. The number of carbonyl (C=O) groups is 1. The molecular formula is C13H18N4O2. The predicted molar refractivity (Wildman–Crippen MR) is 74.2 cm³/mol. The maximum absolute atomic E-state index is 11.0. The van der Waals surface area contributed by atoms with Gasteiger partial charge >= 0.3 is 6.09 Å². The third kappa shape index (κ3) is 4.17. The van der Waals surface area contributed by atoms with Crippen LogP contribution in [0, 0.1) is 0 Å². The molecule has 0 atom stereocenters. The second-order valence-electron chi connectivity index (χ2n) is 4.18. The highest BCUT2D eigenvalue weighted by Crippen LogP contribution is 2.09. The summed E-state index contributed by atoms with van der Waals surface area (Å²) >= 11 is 0. The van der Waals surface area contributed by atoms with Crippen molar-refractivity contribution in [2.24, 2.45) is 4.99 Å². The zero-order valence-corrected chi connectivity index (χ0v) is 10.9. The Morgan fingerprint density at radius 3 is 2.84 bits per heavy atom. The van der Waals surface area contributed by atoms with E-state index in [0.29, 0.717) is 12.2 Å². The van der Waals surface area contributed by atoms with Crippen LogP contribution in [0.4, 0.5) is 10.5 Å². The van der Waals surface area contributed by atoms with E-state index in [9.17, 15) is 4.79 Å². The van der Waals surface area contributed by atoms with Crippen LogP contribution in [0.2, 0.25) is 0 Å². The van der Waals surface area contributed by atoms with Crippen LogP contribution < -0.4 is 16.0 Å². The third-order valence-corrected chi connectivity index (χ3v) is 2.74. The Morgan fingerprint density at radius 2 is 2.21 bits per heavy atom. The molecule has 1 heterocycles. The Morgan fingerprint density at radius 1 is 1.42 bits per heavy atom. The van der Waals surface area contributed by atoms with Crippen molar-refractivity contribution in [1.82, 2.24) is 10.6 Å². The van der Waals surface area contributed by atoms with Crippen LogP contribution in [-0.2, 0) is 11.3 Å². The second-order valence-corrected chi connectivity index (χ2v) is 4.18. The van der Waals surface area contributed by atoms with E-state index in [1.165, 1.54) is 7.11 Å². The molecule has 0 radical (unpaired) electrons. The summed E-state index contributed by atoms with van der Waals surface area (Å²) in [6, 6.07) is 7.57. The van der Waals surface area contributed by atoms with Gasteiger partial charge in [0.1, 0.15) is 0 Å². The average molecular weight is 262 g/mol. The van der Waals surface area contributed by atoms with Crippen LogP contribution in [0.3, 0.4) is 0 Å². The number of carbonyl (C=O) groups excluding carboxylic acids is 1. The first-order valence-electron chi connectivity index (χ1n) is 6.24. The third-order valence-electron chi connectivity index (χ3n) is 2.74. The molecule has 0 aliphatic carbocycles. The number of aliphatic imine (C=N–C) groups is 1. The maximum Gasteiger partial charge on any atom is 0.411 e. The molecule has 102 valence electrons. The molecule has 0 spiro atoms. The van der Waals surface area contributed by atoms with E-state index >= 15 is 0 Å². The summed E-state index contributed by atoms with van der Waals surface area (Å²) in [7, 11) is 1.34. The highest BCUT2D eigenvalue weighted by molar-refractivity contribution is 5.84. The van der Waals surface area contributed by atoms with Crippen molar-refractivity contribution in [2.75, 3.05) is 25.5 Å². The topological polar surface area (TPSA) is 74.8 Å². The molecule has 0 fully saturated rings. The highest BCUT2D eigenvalue weighted by atomic mass is 16.5. The molecule has 0 saturated heterocycles. The second kappa shape index (κ2) is 6.63. The number of anilines is 1. The summed E-state index contributed by atoms with van der Waals surface area (Å²) in [6.07, 6.45) is 0.616. The first-order chi connectivity index (χ1) is 9.28. The molecule has 0 saturated carbocycles. The minimum atomic E-state index is -0.466. The molecular weight excluding hydrogens is 244 g/mol. The number of rotatable bonds is 3. The van der Waals surface area contributed by atoms with Crippen LogP contribution in [0.25, 0.3) is 0 Å². The molecule has 1 aliphatic heterocycles. The lowest BCUT2D eigenvalue weighted by Crippen LogP contribution is -2.40. The van der Waals surface area contributed by atoms with Crippen molar-refractivity contribution in [3.8, 4) is 0 Å². The fourth-order valence-electron chi connectivity index (χ4n) is 1.71. The zero-order chi connectivity index (χ0) is 13.5. The number of ether oxygens (including phenoxy) is 1. The fourth-order valence-corrected chi connectivity index (χ4v) is 1.71. The summed E-state index contributed by atoms with van der Waals surface area (Å²) in [6.45, 7) is 2.54. The Bertz CT molecular complexity index is 456. The van der Waals surface area contributed by atoms with Crippen molar-refractivity contribution < 1.29 is 9.53 Å². The van der Waals surface area contributed by atoms with Gasteiger partial charge in [-0.05, 0) is 24.1 Å². The molecule has 1 aliphatic rings. The molecule has 0 aromatic heterocycles. The van der Waals surface area contributed by atoms with Gasteiger partial charge in [-0.1, -0.05) is 12.1 Å². The fraction of sp³-hybridized carbons (Fsp3) is 0.385. The molecule has 3 N–H and O–H groups in total. The highest BCUT2D eigenvalue weighted by Gasteiger charge is 2.03. The Kier molecular flexibility index (Phi) is 4.60. The normalized spacial score (nSPS) is 14.1. The predicted octanol–water partition coefficient (Wildman–Crippen LogP) is 1.30. The molecule has 1 amide bonds. The Labute approximate surface area is 112 Å². The van der Waals surface area contributed by atoms with E-state index in [-0.39, 0.29) is 0 Å². The molecule has 1 aromatic rings. The van der Waals surface area contributed by atoms with E-state index < -0.39 is 6.09 Å². The zero-order valence-electron chi connectivity index (χ0n) is 10.9. The lowest BCUT2D eigenvalue weighted by Gasteiger charge is -2.16. The summed E-state index contributed by atoms with van der Waals surface area (Å²) in [4.78, 5) is 15.4. The maximum atomic E-state index is 11.0. The van der Waals surface area contributed by atoms with Crippen molar-refractivity contribution in [3.63, 3.8) is 0 Å². The summed E-state index contributed by atoms with van der Waals surface area (Å²) < 4.78 is 4.52. The lowest BCUT2D eigenvalue weighted by atomic mass is 10.2. The minimum Gasteiger partial charge on any atom is -0.453 e. The van der Waals surface area contributed by atoms with Gasteiger partial charge in [0.15, 0.2) is 5.96 Å². The van der Waals surface area contributed by atoms with Gasteiger partial charge in [-0.25, -0.2) is 4.79 Å². The van der Waals surface area contributed by atoms with Gasteiger partial charge in [-0.3, -0.25) is 10.3 Å². The molecule has 19 heavy (non-hydrogen) atoms. The molecule has 1 aromatic carbocycles. The van der Waals surface area contributed by atoms with Gasteiger partial charge in [-0.2, -0.15) is 0 Å². The summed E-state index contributed by atoms with van der Waals surface area (Å²) in [5, 5.41) is 9.04. The summed E-state index contributed by atoms with van der Waals surface area (Å²) in [5.41, 5.74) is 1.83. The van der Waals surface area contributed by atoms with Gasteiger partial charge in [0, 0.05) is 25.3 Å². The van der Waals surface area contributed by atoms with Crippen molar-refractivity contribution in [2.45, 2.75) is 13.0 Å². The van der Waals surface area contributed by atoms with Crippen LogP contribution >= 0.6 is 0 Å². The van der Waals surface area contributed by atoms with E-state index in [1.807, 2.05) is 24.3 Å². The molecule has 0 bridgehead atoms. The van der Waals surface area contributed by atoms with Gasteiger partial charge in [-0.15, -0.1) is 0 Å². The Balaban J connectivity index is 1.84. The number of methoxy groups -OCH3 is 1. The van der Waals surface area contributed by atoms with Gasteiger partial charge in [0.2, 0.25) is 0 Å². The van der Waals surface area contributed by atoms with Crippen molar-refractivity contribution in [1.29, 1.82) is 0 Å². The molecule has 6 heteroatoms. The van der Waals surface area contributed by atoms with Gasteiger partial charge < -0.3 is 15.4 Å². The number of guanidine groups is 1. The number of nitrogens with zero attached hydrogens (tertiary/aromatic N) is 1. The van der Waals surface area contributed by atoms with Crippen LogP contribution in [-0.4, -0.2) is 32.3 Å². The smallest absolute Gasteiger partial charge is 0.411 e. The van der Waals surface area contributed by atoms with Crippen molar-refractivity contribution >= 4 is 17.7 Å². The van der Waals surface area contributed by atoms with Crippen LogP contribution in [0.1, 0.15) is 12.0 Å². The average Bonchev–Trinajstić information content (AvgIpc) is 2.47. The first-order valence-corrected chi connectivity index (χ1v) is 6.24. The molecule has 2 rings (SSSR count). The molecule has 0 unspecified atom stereocenters. The monoisotopic (exact) mass is 262 g/mol. The Hall–Kier alpha value is -2.24. The van der Waals surface area contributed by atoms with Gasteiger partial charge in [0.05, 0.1) is 7.11 Å². The van der Waals surface area contributed by atoms with E-state index in [1.54, 1.807) is 0 Å². The quantitative estimate of drug-likeness (QED) is 0.767. The lowest BCUT2D eigenvalue weighted by molar-refractivity contribution is 0.187. The number of benzene rings is 1. The van der Waals surface area contributed by atoms with Crippen LogP contribution in [0.15, 0.2) is 29.3 Å². The number of hydrogen-bond acceptors (Lipinski definition) is 5. The van der Waals surface area contributed by atoms with Gasteiger partial charge in [0.25, 0.3) is 0 Å².